The van der Waals surface area contributed by atoms with Crippen molar-refractivity contribution in [3.05, 3.63) is 109 Å². The van der Waals surface area contributed by atoms with E-state index in [1.165, 1.54) is 29.1 Å². The maximum Gasteiger partial charge on any atom is 0.282 e. The topological polar surface area (TPSA) is 99.6 Å². The maximum absolute atomic E-state index is 13.4. The average molecular weight is 535 g/mol. The zero-order valence-corrected chi connectivity index (χ0v) is 20.8. The van der Waals surface area contributed by atoms with Crippen molar-refractivity contribution in [1.82, 2.24) is 9.66 Å². The largest absolute Gasteiger partial charge is 0.488 e. The Balaban J connectivity index is 1.79. The molecule has 9 heteroatoms. The van der Waals surface area contributed by atoms with Gasteiger partial charge in [-0.2, -0.15) is 9.78 Å². The fourth-order valence-electron chi connectivity index (χ4n) is 3.52. The molecule has 1 atom stereocenters. The van der Waals surface area contributed by atoms with Crippen molar-refractivity contribution in [1.29, 1.82) is 0 Å². The summed E-state index contributed by atoms with van der Waals surface area (Å²) in [5.74, 6) is 0.894. The van der Waals surface area contributed by atoms with Crippen LogP contribution >= 0.6 is 15.9 Å². The average Bonchev–Trinajstić information content (AvgIpc) is 2.87. The van der Waals surface area contributed by atoms with Gasteiger partial charge >= 0.3 is 0 Å². The number of nitro groups is 1. The summed E-state index contributed by atoms with van der Waals surface area (Å²) in [5, 5.41) is 16.2. The van der Waals surface area contributed by atoms with Crippen LogP contribution in [0.5, 0.6) is 5.75 Å². The van der Waals surface area contributed by atoms with Gasteiger partial charge < -0.3 is 4.74 Å². The van der Waals surface area contributed by atoms with Crippen LogP contribution in [0.15, 0.2) is 81.1 Å². The molecular weight excluding hydrogens is 512 g/mol. The highest BCUT2D eigenvalue weighted by atomic mass is 79.9. The highest BCUT2D eigenvalue weighted by Gasteiger charge is 2.16. The Bertz CT molecular complexity index is 1470. The van der Waals surface area contributed by atoms with Crippen molar-refractivity contribution < 1.29 is 9.66 Å². The standard InChI is InChI=1S/C26H23BrN4O4/c1-3-17(2)25-29-23-11-9-20(27)14-22(23)26(32)30(25)28-15-19-13-21(31(33)34)10-12-24(19)35-16-18-7-5-4-6-8-18/h4-15,17H,3,16H2,1-2H3/t17-/m1/s1. The van der Waals surface area contributed by atoms with E-state index in [9.17, 15) is 14.9 Å². The summed E-state index contributed by atoms with van der Waals surface area (Å²) in [6, 6.07) is 19.2. The van der Waals surface area contributed by atoms with Gasteiger partial charge in [-0.25, -0.2) is 4.98 Å². The lowest BCUT2D eigenvalue weighted by Crippen LogP contribution is -2.23. The normalized spacial score (nSPS) is 12.2. The van der Waals surface area contributed by atoms with Crippen molar-refractivity contribution in [2.24, 2.45) is 5.10 Å². The van der Waals surface area contributed by atoms with Gasteiger partial charge in [0.05, 0.1) is 22.0 Å². The molecule has 0 aliphatic rings. The van der Waals surface area contributed by atoms with E-state index < -0.39 is 4.92 Å². The second-order valence-electron chi connectivity index (χ2n) is 8.06. The lowest BCUT2D eigenvalue weighted by atomic mass is 10.1. The number of ether oxygens (including phenoxy) is 1. The molecule has 0 aliphatic heterocycles. The van der Waals surface area contributed by atoms with E-state index in [1.807, 2.05) is 50.2 Å². The predicted molar refractivity (Wildman–Crippen MR) is 139 cm³/mol. The second-order valence-corrected chi connectivity index (χ2v) is 8.97. The third-order valence-electron chi connectivity index (χ3n) is 5.64. The third kappa shape index (κ3) is 5.46. The van der Waals surface area contributed by atoms with Gasteiger partial charge in [0.1, 0.15) is 18.2 Å². The fraction of sp³-hybridized carbons (Fsp3) is 0.192. The number of rotatable bonds is 8. The summed E-state index contributed by atoms with van der Waals surface area (Å²) in [5.41, 5.74) is 1.50. The van der Waals surface area contributed by atoms with E-state index in [1.54, 1.807) is 12.1 Å². The summed E-state index contributed by atoms with van der Waals surface area (Å²) in [7, 11) is 0. The van der Waals surface area contributed by atoms with Crippen molar-refractivity contribution in [2.75, 3.05) is 0 Å². The van der Waals surface area contributed by atoms with Crippen LogP contribution in [0.1, 0.15) is 43.1 Å². The van der Waals surface area contributed by atoms with Crippen molar-refractivity contribution in [3.63, 3.8) is 0 Å². The fourth-order valence-corrected chi connectivity index (χ4v) is 3.88. The van der Waals surface area contributed by atoms with E-state index in [-0.39, 0.29) is 23.8 Å². The summed E-state index contributed by atoms with van der Waals surface area (Å²) in [6.45, 7) is 4.26. The molecule has 0 radical (unpaired) electrons. The van der Waals surface area contributed by atoms with Crippen LogP contribution in [0.2, 0.25) is 0 Å². The smallest absolute Gasteiger partial charge is 0.282 e. The number of halogens is 1. The predicted octanol–water partition coefficient (Wildman–Crippen LogP) is 6.04. The van der Waals surface area contributed by atoms with Crippen LogP contribution in [-0.2, 0) is 6.61 Å². The molecule has 0 unspecified atom stereocenters. The number of benzene rings is 3. The van der Waals surface area contributed by atoms with Crippen LogP contribution in [-0.4, -0.2) is 20.8 Å². The molecule has 35 heavy (non-hydrogen) atoms. The van der Waals surface area contributed by atoms with Crippen LogP contribution in [0.4, 0.5) is 5.69 Å². The Hall–Kier alpha value is -3.85. The van der Waals surface area contributed by atoms with Gasteiger partial charge in [0.2, 0.25) is 0 Å². The first-order chi connectivity index (χ1) is 16.9. The molecule has 0 saturated heterocycles. The molecule has 0 bridgehead atoms. The number of hydrogen-bond donors (Lipinski definition) is 0. The molecule has 0 saturated carbocycles. The highest BCUT2D eigenvalue weighted by Crippen LogP contribution is 2.25. The van der Waals surface area contributed by atoms with E-state index in [0.29, 0.717) is 28.0 Å². The highest BCUT2D eigenvalue weighted by molar-refractivity contribution is 9.10. The number of nitro benzene ring substituents is 1. The first kappa shape index (κ1) is 24.3. The van der Waals surface area contributed by atoms with Crippen molar-refractivity contribution >= 4 is 38.7 Å². The van der Waals surface area contributed by atoms with Crippen molar-refractivity contribution in [2.45, 2.75) is 32.8 Å². The molecule has 0 N–H and O–H groups in total. The quantitative estimate of drug-likeness (QED) is 0.156. The van der Waals surface area contributed by atoms with Crippen LogP contribution < -0.4 is 10.3 Å². The Kier molecular flexibility index (Phi) is 7.36. The minimum Gasteiger partial charge on any atom is -0.488 e. The van der Waals surface area contributed by atoms with E-state index >= 15 is 0 Å². The van der Waals surface area contributed by atoms with Crippen LogP contribution in [0.25, 0.3) is 10.9 Å². The molecule has 0 spiro atoms. The van der Waals surface area contributed by atoms with E-state index in [2.05, 4.69) is 21.0 Å². The number of non-ortho nitro benzene ring substituents is 1. The van der Waals surface area contributed by atoms with E-state index in [4.69, 9.17) is 9.72 Å². The van der Waals surface area contributed by atoms with Crippen LogP contribution in [0, 0.1) is 10.1 Å². The van der Waals surface area contributed by atoms with Gasteiger partial charge in [-0.3, -0.25) is 14.9 Å². The molecule has 178 valence electrons. The Labute approximate surface area is 210 Å². The number of aromatic nitrogens is 2. The van der Waals surface area contributed by atoms with Gasteiger partial charge in [-0.05, 0) is 36.2 Å². The second kappa shape index (κ2) is 10.6. The lowest BCUT2D eigenvalue weighted by molar-refractivity contribution is -0.384. The zero-order chi connectivity index (χ0) is 24.9. The van der Waals surface area contributed by atoms with Crippen LogP contribution in [0.3, 0.4) is 0 Å². The molecule has 4 aromatic rings. The minimum atomic E-state index is -0.482. The maximum atomic E-state index is 13.4. The molecule has 3 aromatic carbocycles. The molecule has 0 fully saturated rings. The molecule has 8 nitrogen and oxygen atoms in total. The van der Waals surface area contributed by atoms with Gasteiger partial charge in [0, 0.05) is 28.1 Å². The summed E-state index contributed by atoms with van der Waals surface area (Å²) in [4.78, 5) is 29.0. The molecule has 4 rings (SSSR count). The number of hydrogen-bond acceptors (Lipinski definition) is 6. The number of nitrogens with zero attached hydrogens (tertiary/aromatic N) is 4. The third-order valence-corrected chi connectivity index (χ3v) is 6.13. The summed E-state index contributed by atoms with van der Waals surface area (Å²) < 4.78 is 7.96. The molecule has 1 aromatic heterocycles. The summed E-state index contributed by atoms with van der Waals surface area (Å²) >= 11 is 3.40. The van der Waals surface area contributed by atoms with Gasteiger partial charge in [0.25, 0.3) is 11.2 Å². The van der Waals surface area contributed by atoms with Crippen molar-refractivity contribution in [3.8, 4) is 5.75 Å². The SMILES string of the molecule is CC[C@@H](C)c1nc2ccc(Br)cc2c(=O)n1N=Cc1cc([N+](=O)[O-])ccc1OCc1ccccc1. The Morgan fingerprint density at radius 1 is 1.17 bits per heavy atom. The van der Waals surface area contributed by atoms with Gasteiger partial charge in [0.15, 0.2) is 0 Å². The number of fused-ring (bicyclic) bond motifs is 1. The monoisotopic (exact) mass is 534 g/mol. The van der Waals surface area contributed by atoms with Gasteiger partial charge in [-0.15, -0.1) is 0 Å². The minimum absolute atomic E-state index is 0.0354. The first-order valence-corrected chi connectivity index (χ1v) is 11.9. The molecule has 1 heterocycles. The first-order valence-electron chi connectivity index (χ1n) is 11.1. The molecular formula is C26H23BrN4O4. The summed E-state index contributed by atoms with van der Waals surface area (Å²) in [6.07, 6.45) is 2.17. The zero-order valence-electron chi connectivity index (χ0n) is 19.2. The molecule has 0 amide bonds. The lowest BCUT2D eigenvalue weighted by Gasteiger charge is -2.14. The Morgan fingerprint density at radius 3 is 2.66 bits per heavy atom. The van der Waals surface area contributed by atoms with Gasteiger partial charge in [-0.1, -0.05) is 60.1 Å². The molecule has 0 aliphatic carbocycles. The Morgan fingerprint density at radius 2 is 1.94 bits per heavy atom. The van der Waals surface area contributed by atoms with E-state index in [0.717, 1.165) is 16.5 Å².